The lowest BCUT2D eigenvalue weighted by molar-refractivity contribution is -0.0376. The van der Waals surface area contributed by atoms with Crippen molar-refractivity contribution in [3.63, 3.8) is 0 Å². The number of aliphatic hydroxyl groups excluding tert-OH is 4. The van der Waals surface area contributed by atoms with E-state index in [0.29, 0.717) is 60.7 Å². The van der Waals surface area contributed by atoms with Crippen LogP contribution < -0.4 is 15.8 Å². The molecule has 324 valence electrons. The number of ether oxygens (including phenoxy) is 1. The number of phenols is 1. The van der Waals surface area contributed by atoms with E-state index in [-0.39, 0.29) is 53.3 Å². The Morgan fingerprint density at radius 1 is 1.03 bits per heavy atom. The van der Waals surface area contributed by atoms with Gasteiger partial charge in [0.1, 0.15) is 11.9 Å². The van der Waals surface area contributed by atoms with Crippen LogP contribution in [0, 0.1) is 64.6 Å². The lowest BCUT2D eigenvalue weighted by Crippen LogP contribution is -2.42. The predicted molar refractivity (Wildman–Crippen MR) is 240 cm³/mol. The van der Waals surface area contributed by atoms with Gasteiger partial charge >= 0.3 is 0 Å². The Morgan fingerprint density at radius 3 is 2.68 bits per heavy atom. The third-order valence-electron chi connectivity index (χ3n) is 16.0. The van der Waals surface area contributed by atoms with E-state index in [1.54, 1.807) is 21.6 Å². The number of aromatic nitrogens is 1. The van der Waals surface area contributed by atoms with E-state index in [1.165, 1.54) is 18.4 Å². The Hall–Kier alpha value is -2.98. The Bertz CT molecular complexity index is 2040. The van der Waals surface area contributed by atoms with Gasteiger partial charge in [-0.1, -0.05) is 71.4 Å². The van der Waals surface area contributed by atoms with Crippen LogP contribution >= 0.6 is 21.6 Å². The SMILES string of the molecule is CCC1Cc2cc(O)c(OC3CC(Cc4ccc[nH]4)C4=CCNC(N)=C4CSSCC(CO)C3O)cc2C2CC(O)C3C(C#CC4(CC)CC5CCC4CC(C5)C3O)C=C12. The molecule has 60 heavy (non-hydrogen) atoms. The molecular formula is C49H65N3O6S2. The average molecular weight is 856 g/mol. The van der Waals surface area contributed by atoms with Crippen molar-refractivity contribution >= 4 is 21.6 Å². The van der Waals surface area contributed by atoms with Crippen LogP contribution in [0.1, 0.15) is 94.4 Å². The minimum absolute atomic E-state index is 0.0186. The molecule has 9 nitrogen and oxygen atoms in total. The zero-order valence-corrected chi connectivity index (χ0v) is 36.8. The molecule has 2 aliphatic heterocycles. The molecule has 6 aliphatic carbocycles. The fraction of sp³-hybridized carbons (Fsp3) is 0.633. The zero-order valence-electron chi connectivity index (χ0n) is 35.2. The molecule has 14 atom stereocenters. The molecule has 4 bridgehead atoms. The average Bonchev–Trinajstić information content (AvgIpc) is 3.53. The number of hydrogen-bond donors (Lipinski definition) is 8. The topological polar surface area (TPSA) is 164 Å². The first-order valence-corrected chi connectivity index (χ1v) is 25.3. The normalized spacial score (nSPS) is 38.9. The second kappa shape index (κ2) is 17.7. The number of allylic oxidation sites excluding steroid dienone is 3. The van der Waals surface area contributed by atoms with E-state index in [0.717, 1.165) is 66.5 Å². The van der Waals surface area contributed by atoms with Gasteiger partial charge in [0.15, 0.2) is 11.5 Å². The fourth-order valence-electron chi connectivity index (χ4n) is 12.7. The molecule has 3 heterocycles. The van der Waals surface area contributed by atoms with Gasteiger partial charge in [0.25, 0.3) is 0 Å². The fourth-order valence-corrected chi connectivity index (χ4v) is 15.3. The maximum absolute atomic E-state index is 12.4. The van der Waals surface area contributed by atoms with Crippen LogP contribution in [0.5, 0.6) is 11.5 Å². The van der Waals surface area contributed by atoms with Crippen molar-refractivity contribution in [3.8, 4) is 23.3 Å². The van der Waals surface area contributed by atoms with E-state index in [4.69, 9.17) is 10.5 Å². The molecule has 1 aromatic heterocycles. The molecule has 10 rings (SSSR count). The van der Waals surface area contributed by atoms with Gasteiger partial charge in [0.05, 0.1) is 18.3 Å². The summed E-state index contributed by atoms with van der Waals surface area (Å²) in [6.45, 7) is 4.92. The van der Waals surface area contributed by atoms with E-state index < -0.39 is 30.3 Å². The molecule has 14 unspecified atom stereocenters. The molecule has 0 spiro atoms. The van der Waals surface area contributed by atoms with Gasteiger partial charge in [-0.15, -0.1) is 0 Å². The lowest BCUT2D eigenvalue weighted by Gasteiger charge is -2.41. The van der Waals surface area contributed by atoms with E-state index in [1.807, 2.05) is 24.4 Å². The first kappa shape index (κ1) is 42.3. The number of nitrogens with two attached hydrogens (primary N) is 1. The van der Waals surface area contributed by atoms with Crippen LogP contribution in [-0.4, -0.2) is 79.6 Å². The Balaban J connectivity index is 1.09. The van der Waals surface area contributed by atoms with Crippen molar-refractivity contribution in [2.75, 3.05) is 24.7 Å². The first-order chi connectivity index (χ1) is 29.1. The Labute approximate surface area is 363 Å². The van der Waals surface area contributed by atoms with Crippen LogP contribution in [0.25, 0.3) is 0 Å². The standard InChI is InChI=1S/C49H65N3O6S2/c1-3-28-15-30-19-41(54)43(58-44-20-31(17-35-6-5-12-51-35)36-10-13-52-48(50)40(36)26-60-59-25-33(24-53)46(44)56)22-38(30)39-21-42(55)45-29(18-37(28)39)9-11-49(4-2)23-27-7-8-34(49)16-32(14-27)47(45)57/h5-6,10,12,18-19,22,27-29,31-34,39,42,44-47,51-57H,3-4,7-8,13-17,20-21,23-26,50H2,1-2H3. The molecule has 8 aliphatic rings. The molecular weight excluding hydrogens is 791 g/mol. The van der Waals surface area contributed by atoms with E-state index in [2.05, 4.69) is 54.2 Å². The number of nitrogens with one attached hydrogen (secondary N) is 2. The third-order valence-corrected chi connectivity index (χ3v) is 18.4. The first-order valence-electron chi connectivity index (χ1n) is 22.8. The molecule has 9 N–H and O–H groups in total. The molecule has 2 aromatic rings. The maximum Gasteiger partial charge on any atom is 0.161 e. The molecule has 1 aromatic carbocycles. The quantitative estimate of drug-likeness (QED) is 0.0829. The molecule has 0 amide bonds. The van der Waals surface area contributed by atoms with Crippen molar-refractivity contribution in [2.24, 2.45) is 58.5 Å². The van der Waals surface area contributed by atoms with Crippen molar-refractivity contribution in [2.45, 2.75) is 115 Å². The van der Waals surface area contributed by atoms with Gasteiger partial charge in [0, 0.05) is 71.2 Å². The number of rotatable bonds is 7. The van der Waals surface area contributed by atoms with Gasteiger partial charge in [-0.25, -0.2) is 0 Å². The molecule has 0 radical (unpaired) electrons. The number of aromatic amines is 1. The third kappa shape index (κ3) is 7.96. The zero-order chi connectivity index (χ0) is 41.7. The maximum atomic E-state index is 12.4. The van der Waals surface area contributed by atoms with E-state index in [9.17, 15) is 25.5 Å². The predicted octanol–water partition coefficient (Wildman–Crippen LogP) is 6.97. The van der Waals surface area contributed by atoms with Crippen LogP contribution in [0.3, 0.4) is 0 Å². The minimum Gasteiger partial charge on any atom is -0.504 e. The summed E-state index contributed by atoms with van der Waals surface area (Å²) in [5.74, 6) is 10.0. The number of aliphatic hydroxyl groups is 4. The van der Waals surface area contributed by atoms with Gasteiger partial charge in [-0.05, 0) is 135 Å². The van der Waals surface area contributed by atoms with Crippen molar-refractivity contribution in [1.29, 1.82) is 0 Å². The number of aromatic hydroxyl groups is 1. The lowest BCUT2D eigenvalue weighted by atomic mass is 9.62. The summed E-state index contributed by atoms with van der Waals surface area (Å²) in [4.78, 5) is 3.37. The summed E-state index contributed by atoms with van der Waals surface area (Å²) in [7, 11) is 3.29. The highest BCUT2D eigenvalue weighted by Gasteiger charge is 2.51. The molecule has 4 fully saturated rings. The number of benzene rings is 1. The summed E-state index contributed by atoms with van der Waals surface area (Å²) in [6.07, 6.45) is 13.1. The Morgan fingerprint density at radius 2 is 1.90 bits per heavy atom. The molecule has 11 heteroatoms. The molecule has 1 saturated heterocycles. The highest BCUT2D eigenvalue weighted by molar-refractivity contribution is 8.76. The van der Waals surface area contributed by atoms with Crippen LogP contribution in [0.15, 0.2) is 65.2 Å². The number of hydrogen-bond acceptors (Lipinski definition) is 10. The van der Waals surface area contributed by atoms with Crippen LogP contribution in [0.4, 0.5) is 0 Å². The second-order valence-corrected chi connectivity index (χ2v) is 21.7. The van der Waals surface area contributed by atoms with Gasteiger partial charge in [-0.2, -0.15) is 0 Å². The summed E-state index contributed by atoms with van der Waals surface area (Å²) >= 11 is 0. The largest absolute Gasteiger partial charge is 0.504 e. The summed E-state index contributed by atoms with van der Waals surface area (Å²) < 4.78 is 6.90. The highest BCUT2D eigenvalue weighted by Crippen LogP contribution is 2.57. The molecule has 3 saturated carbocycles. The van der Waals surface area contributed by atoms with Crippen LogP contribution in [0.2, 0.25) is 0 Å². The van der Waals surface area contributed by atoms with Crippen LogP contribution in [-0.2, 0) is 12.8 Å². The van der Waals surface area contributed by atoms with Gasteiger partial charge in [-0.3, -0.25) is 0 Å². The number of fused-ring (bicyclic) bond motifs is 6. The van der Waals surface area contributed by atoms with Crippen molar-refractivity contribution in [3.05, 3.63) is 82.0 Å². The smallest absolute Gasteiger partial charge is 0.161 e. The van der Waals surface area contributed by atoms with Crippen molar-refractivity contribution < 1.29 is 30.3 Å². The number of phenolic OH excluding ortho intramolecular Hbond substituents is 1. The monoisotopic (exact) mass is 855 g/mol. The van der Waals surface area contributed by atoms with Gasteiger partial charge in [0.2, 0.25) is 0 Å². The number of H-pyrrole nitrogens is 1. The summed E-state index contributed by atoms with van der Waals surface area (Å²) in [5, 5.41) is 62.6. The number of dihydropyridines is 1. The summed E-state index contributed by atoms with van der Waals surface area (Å²) in [5.41, 5.74) is 13.2. The summed E-state index contributed by atoms with van der Waals surface area (Å²) in [6, 6.07) is 7.86. The van der Waals surface area contributed by atoms with E-state index >= 15 is 0 Å². The second-order valence-electron chi connectivity index (χ2n) is 19.2. The van der Waals surface area contributed by atoms with Crippen molar-refractivity contribution in [1.82, 2.24) is 10.3 Å². The Kier molecular flexibility index (Phi) is 12.5. The highest BCUT2D eigenvalue weighted by atomic mass is 33.1. The van der Waals surface area contributed by atoms with Gasteiger partial charge < -0.3 is 46.3 Å². The minimum atomic E-state index is -1.02.